The molecule has 8 nitrogen and oxygen atoms in total. The number of esters is 1. The van der Waals surface area contributed by atoms with Gasteiger partial charge in [-0.15, -0.1) is 0 Å². The second-order valence-corrected chi connectivity index (χ2v) is 6.51. The van der Waals surface area contributed by atoms with Crippen LogP contribution in [0.25, 0.3) is 0 Å². The Morgan fingerprint density at radius 3 is 2.50 bits per heavy atom. The Morgan fingerprint density at radius 1 is 1.00 bits per heavy atom. The third-order valence-corrected chi connectivity index (χ3v) is 4.28. The Bertz CT molecular complexity index is 1130. The molecule has 0 unspecified atom stereocenters. The third kappa shape index (κ3) is 5.85. The monoisotopic (exact) mass is 434 g/mol. The van der Waals surface area contributed by atoms with Crippen LogP contribution in [0.1, 0.15) is 33.2 Å². The lowest BCUT2D eigenvalue weighted by atomic mass is 10.2. The highest BCUT2D eigenvalue weighted by molar-refractivity contribution is 5.95. The Kier molecular flexibility index (Phi) is 7.42. The van der Waals surface area contributed by atoms with E-state index in [-0.39, 0.29) is 11.5 Å². The lowest BCUT2D eigenvalue weighted by molar-refractivity contribution is 0.0727. The zero-order chi connectivity index (χ0) is 22.9. The number of hydrogen-bond donors (Lipinski definition) is 2. The molecule has 0 saturated carbocycles. The highest BCUT2D eigenvalue weighted by Crippen LogP contribution is 2.29. The molecule has 32 heavy (non-hydrogen) atoms. The first-order valence-electron chi connectivity index (χ1n) is 9.75. The first-order chi connectivity index (χ1) is 15.5. The number of methoxy groups -OCH3 is 1. The zero-order valence-corrected chi connectivity index (χ0v) is 17.6. The molecule has 8 heteroatoms. The van der Waals surface area contributed by atoms with E-state index in [1.807, 2.05) is 6.92 Å². The fraction of sp³-hybridized carbons (Fsp3) is 0.125. The topological polar surface area (TPSA) is 106 Å². The number of ether oxygens (including phenoxy) is 3. The number of hydrogen-bond acceptors (Lipinski definition) is 7. The van der Waals surface area contributed by atoms with E-state index in [9.17, 15) is 14.7 Å². The lowest BCUT2D eigenvalue weighted by Gasteiger charge is -2.11. The van der Waals surface area contributed by atoms with Crippen LogP contribution < -0.4 is 19.6 Å². The molecule has 1 amide bonds. The Hall–Kier alpha value is -4.33. The van der Waals surface area contributed by atoms with Gasteiger partial charge in [0.05, 0.1) is 25.5 Å². The fourth-order valence-electron chi connectivity index (χ4n) is 2.71. The number of aromatic hydroxyl groups is 1. The van der Waals surface area contributed by atoms with Crippen molar-refractivity contribution in [3.05, 3.63) is 83.4 Å². The van der Waals surface area contributed by atoms with Crippen molar-refractivity contribution < 1.29 is 28.9 Å². The molecule has 3 rings (SSSR count). The van der Waals surface area contributed by atoms with Gasteiger partial charge in [0.2, 0.25) is 0 Å². The molecule has 3 aromatic carbocycles. The predicted octanol–water partition coefficient (Wildman–Crippen LogP) is 3.78. The number of amides is 1. The van der Waals surface area contributed by atoms with E-state index in [1.54, 1.807) is 42.5 Å². The quantitative estimate of drug-likeness (QED) is 0.242. The normalized spacial score (nSPS) is 10.6. The van der Waals surface area contributed by atoms with Crippen LogP contribution in [0.3, 0.4) is 0 Å². The first kappa shape index (κ1) is 22.4. The number of carbonyl (C=O) groups is 2. The molecule has 0 heterocycles. The van der Waals surface area contributed by atoms with Crippen molar-refractivity contribution in [1.82, 2.24) is 5.43 Å². The molecule has 164 valence electrons. The summed E-state index contributed by atoms with van der Waals surface area (Å²) in [4.78, 5) is 24.6. The SMILES string of the molecule is CCOc1cc(/C=N/NC(=O)c2ccc(O)cc2)ccc1OC(=O)c1cccc(OC)c1. The minimum atomic E-state index is -0.549. The molecule has 0 fully saturated rings. The Labute approximate surface area is 185 Å². The molecule has 0 aliphatic heterocycles. The van der Waals surface area contributed by atoms with Crippen molar-refractivity contribution in [3.63, 3.8) is 0 Å². The van der Waals surface area contributed by atoms with Crippen LogP contribution in [0.4, 0.5) is 0 Å². The van der Waals surface area contributed by atoms with Gasteiger partial charge in [0.15, 0.2) is 11.5 Å². The molecular weight excluding hydrogens is 412 g/mol. The average Bonchev–Trinajstić information content (AvgIpc) is 2.81. The number of hydrazone groups is 1. The average molecular weight is 434 g/mol. The number of nitrogens with zero attached hydrogens (tertiary/aromatic N) is 1. The zero-order valence-electron chi connectivity index (χ0n) is 17.6. The van der Waals surface area contributed by atoms with Crippen LogP contribution in [0.5, 0.6) is 23.0 Å². The highest BCUT2D eigenvalue weighted by atomic mass is 16.6. The highest BCUT2D eigenvalue weighted by Gasteiger charge is 2.14. The van der Waals surface area contributed by atoms with Gasteiger partial charge >= 0.3 is 5.97 Å². The number of nitrogens with one attached hydrogen (secondary N) is 1. The largest absolute Gasteiger partial charge is 0.508 e. The van der Waals surface area contributed by atoms with E-state index >= 15 is 0 Å². The van der Waals surface area contributed by atoms with E-state index in [1.165, 1.54) is 37.6 Å². The molecule has 0 atom stereocenters. The minimum absolute atomic E-state index is 0.0701. The summed E-state index contributed by atoms with van der Waals surface area (Å²) in [6.07, 6.45) is 1.44. The smallest absolute Gasteiger partial charge is 0.343 e. The van der Waals surface area contributed by atoms with Gasteiger partial charge in [-0.05, 0) is 73.2 Å². The van der Waals surface area contributed by atoms with E-state index in [0.29, 0.717) is 34.8 Å². The van der Waals surface area contributed by atoms with E-state index in [0.717, 1.165) is 0 Å². The molecule has 0 radical (unpaired) electrons. The molecule has 0 spiro atoms. The second-order valence-electron chi connectivity index (χ2n) is 6.51. The molecule has 0 saturated heterocycles. The van der Waals surface area contributed by atoms with Crippen molar-refractivity contribution in [1.29, 1.82) is 0 Å². The maximum atomic E-state index is 12.5. The molecule has 0 aromatic heterocycles. The molecule has 0 aliphatic rings. The summed E-state index contributed by atoms with van der Waals surface area (Å²) in [5.74, 6) is 0.260. The third-order valence-electron chi connectivity index (χ3n) is 4.28. The standard InChI is InChI=1S/C24H22N2O6/c1-3-31-22-13-16(15-25-26-23(28)17-8-10-19(27)11-9-17)7-12-21(22)32-24(29)18-5-4-6-20(14-18)30-2/h4-15,27H,3H2,1-2H3,(H,26,28)/b25-15+. The van der Waals surface area contributed by atoms with Crippen LogP contribution in [0, 0.1) is 0 Å². The van der Waals surface area contributed by atoms with Crippen LogP contribution in [0.15, 0.2) is 71.8 Å². The second kappa shape index (κ2) is 10.6. The van der Waals surface area contributed by atoms with Crippen LogP contribution in [0.2, 0.25) is 0 Å². The van der Waals surface area contributed by atoms with E-state index in [4.69, 9.17) is 14.2 Å². The molecular formula is C24H22N2O6. The minimum Gasteiger partial charge on any atom is -0.508 e. The summed E-state index contributed by atoms with van der Waals surface area (Å²) in [7, 11) is 1.52. The maximum Gasteiger partial charge on any atom is 0.343 e. The van der Waals surface area contributed by atoms with Gasteiger partial charge in [-0.1, -0.05) is 6.07 Å². The number of carbonyl (C=O) groups excluding carboxylic acids is 2. The predicted molar refractivity (Wildman–Crippen MR) is 119 cm³/mol. The molecule has 3 aromatic rings. The van der Waals surface area contributed by atoms with Gasteiger partial charge in [-0.3, -0.25) is 4.79 Å². The number of rotatable bonds is 8. The van der Waals surface area contributed by atoms with Gasteiger partial charge in [0.25, 0.3) is 5.91 Å². The summed E-state index contributed by atoms with van der Waals surface area (Å²) in [6, 6.07) is 17.4. The fourth-order valence-corrected chi connectivity index (χ4v) is 2.71. The van der Waals surface area contributed by atoms with E-state index in [2.05, 4.69) is 10.5 Å². The van der Waals surface area contributed by atoms with Crippen LogP contribution in [-0.4, -0.2) is 36.9 Å². The summed E-state index contributed by atoms with van der Waals surface area (Å²) in [6.45, 7) is 2.17. The summed E-state index contributed by atoms with van der Waals surface area (Å²) in [5, 5.41) is 13.2. The van der Waals surface area contributed by atoms with Crippen molar-refractivity contribution in [2.24, 2.45) is 5.10 Å². The van der Waals surface area contributed by atoms with E-state index < -0.39 is 11.9 Å². The van der Waals surface area contributed by atoms with Crippen LogP contribution >= 0.6 is 0 Å². The van der Waals surface area contributed by atoms with Gasteiger partial charge in [-0.2, -0.15) is 5.10 Å². The van der Waals surface area contributed by atoms with Gasteiger partial charge in [0, 0.05) is 5.56 Å². The van der Waals surface area contributed by atoms with Gasteiger partial charge in [-0.25, -0.2) is 10.2 Å². The molecule has 2 N–H and O–H groups in total. The van der Waals surface area contributed by atoms with Crippen LogP contribution in [-0.2, 0) is 0 Å². The first-order valence-corrected chi connectivity index (χ1v) is 9.75. The number of phenols is 1. The van der Waals surface area contributed by atoms with Crippen molar-refractivity contribution >= 4 is 18.1 Å². The summed E-state index contributed by atoms with van der Waals surface area (Å²) >= 11 is 0. The molecule has 0 aliphatic carbocycles. The summed E-state index contributed by atoms with van der Waals surface area (Å²) < 4.78 is 16.2. The number of phenolic OH excluding ortho intramolecular Hbond substituents is 1. The Morgan fingerprint density at radius 2 is 1.78 bits per heavy atom. The maximum absolute atomic E-state index is 12.5. The Balaban J connectivity index is 1.70. The van der Waals surface area contributed by atoms with Gasteiger partial charge in [0.1, 0.15) is 11.5 Å². The lowest BCUT2D eigenvalue weighted by Crippen LogP contribution is -2.17. The number of benzene rings is 3. The van der Waals surface area contributed by atoms with Crippen molar-refractivity contribution in [2.45, 2.75) is 6.92 Å². The van der Waals surface area contributed by atoms with Crippen molar-refractivity contribution in [2.75, 3.05) is 13.7 Å². The summed E-state index contributed by atoms with van der Waals surface area (Å²) in [5.41, 5.74) is 3.73. The van der Waals surface area contributed by atoms with Gasteiger partial charge < -0.3 is 19.3 Å². The molecule has 0 bridgehead atoms. The van der Waals surface area contributed by atoms with Crippen molar-refractivity contribution in [3.8, 4) is 23.0 Å².